The van der Waals surface area contributed by atoms with Gasteiger partial charge in [-0.15, -0.1) is 0 Å². The molecule has 0 saturated heterocycles. The van der Waals surface area contributed by atoms with E-state index in [-0.39, 0.29) is 68.9 Å². The Morgan fingerprint density at radius 1 is 1.67 bits per heavy atom. The molecule has 0 aromatic heterocycles. The van der Waals surface area contributed by atoms with E-state index in [9.17, 15) is 0 Å². The van der Waals surface area contributed by atoms with Crippen LogP contribution in [0.4, 0.5) is 0 Å². The van der Waals surface area contributed by atoms with Crippen LogP contribution in [-0.4, -0.2) is 24.4 Å². The first kappa shape index (κ1) is 16.9. The molecule has 0 spiro atoms. The molecule has 0 saturated carbocycles. The fraction of sp³-hybridized carbons (Fsp3) is 0.500. The van der Waals surface area contributed by atoms with E-state index in [4.69, 9.17) is 23.2 Å². The van der Waals surface area contributed by atoms with Crippen molar-refractivity contribution in [2.75, 3.05) is 0 Å². The fourth-order valence-electron chi connectivity index (χ4n) is 0. The van der Waals surface area contributed by atoms with E-state index in [0.717, 1.165) is 6.92 Å². The van der Waals surface area contributed by atoms with Gasteiger partial charge in [0, 0.05) is 6.92 Å². The van der Waals surface area contributed by atoms with Crippen molar-refractivity contribution in [3.63, 3.8) is 0 Å². The van der Waals surface area contributed by atoms with Crippen molar-refractivity contribution in [2.45, 2.75) is 6.92 Å². The van der Waals surface area contributed by atoms with Crippen LogP contribution < -0.4 is 68.9 Å². The van der Waals surface area contributed by atoms with Crippen molar-refractivity contribution in [1.82, 2.24) is 0 Å². The summed E-state index contributed by atoms with van der Waals surface area (Å²) in [4.78, 5) is 9.00. The van der Waals surface area contributed by atoms with Crippen LogP contribution in [0.5, 0.6) is 0 Å². The topological polar surface area (TPSA) is 97.7 Å². The second kappa shape index (κ2) is 12.3. The minimum Gasteiger partial charge on any atom is -0.750 e. The molecule has 0 heterocycles. The van der Waals surface area contributed by atoms with Crippen LogP contribution in [0.1, 0.15) is 6.92 Å². The summed E-state index contributed by atoms with van der Waals surface area (Å²) in [6.07, 6.45) is 0. The molecule has 0 bridgehead atoms. The van der Waals surface area contributed by atoms with Crippen molar-refractivity contribution in [2.24, 2.45) is 0 Å². The van der Waals surface area contributed by atoms with Gasteiger partial charge in [-0.2, -0.15) is 0 Å². The molecule has 0 rings (SSSR count). The van der Waals surface area contributed by atoms with Gasteiger partial charge in [-0.05, 0) is 0 Å². The van der Waals surface area contributed by atoms with Crippen LogP contribution in [0.3, 0.4) is 0 Å². The Bertz CT molecular complexity index is 73.0. The number of carboxylic acids is 1. The molecule has 50 valence electrons. The molecule has 2 N–H and O–H groups in total. The molecule has 1 unspecified atom stereocenters. The van der Waals surface area contributed by atoms with Crippen LogP contribution in [-0.2, 0) is 16.2 Å². The Morgan fingerprint density at radius 2 is 1.67 bits per heavy atom. The molecular formula is C2H5CsO5S. The van der Waals surface area contributed by atoms with Crippen LogP contribution in [0.2, 0.25) is 0 Å². The van der Waals surface area contributed by atoms with Crippen LogP contribution >= 0.6 is 0 Å². The van der Waals surface area contributed by atoms with Gasteiger partial charge in [0.15, 0.2) is 0 Å². The Labute approximate surface area is 114 Å². The average molecular weight is 274 g/mol. The molecule has 0 aromatic carbocycles. The third-order valence-corrected chi connectivity index (χ3v) is 0. The molecule has 5 nitrogen and oxygen atoms in total. The maximum atomic E-state index is 9.00. The SMILES string of the molecule is CC(=O)O.O=S([O-])O.[Cs+]. The zero-order valence-corrected chi connectivity index (χ0v) is 12.1. The third kappa shape index (κ3) is 218. The smallest absolute Gasteiger partial charge is 0.750 e. The first-order valence-corrected chi connectivity index (χ1v) is 2.48. The second-order valence-corrected chi connectivity index (χ2v) is 1.17. The van der Waals surface area contributed by atoms with E-state index < -0.39 is 17.3 Å². The summed E-state index contributed by atoms with van der Waals surface area (Å²) in [5.41, 5.74) is 0. The van der Waals surface area contributed by atoms with Gasteiger partial charge in [0.05, 0.1) is 11.4 Å². The molecule has 1 atom stereocenters. The zero-order valence-electron chi connectivity index (χ0n) is 5.03. The molecule has 9 heavy (non-hydrogen) atoms. The summed E-state index contributed by atoms with van der Waals surface area (Å²) in [5.74, 6) is -0.833. The number of hydrogen-bond donors (Lipinski definition) is 2. The predicted molar refractivity (Wildman–Crippen MR) is 24.9 cm³/mol. The Hall–Kier alpha value is 1.59. The van der Waals surface area contributed by atoms with Crippen molar-refractivity contribution < 1.29 is 92.1 Å². The van der Waals surface area contributed by atoms with E-state index in [0.29, 0.717) is 0 Å². The van der Waals surface area contributed by atoms with Gasteiger partial charge in [0.1, 0.15) is 0 Å². The molecule has 0 aliphatic carbocycles. The van der Waals surface area contributed by atoms with Crippen molar-refractivity contribution in [3.8, 4) is 0 Å². The molecule has 0 aliphatic rings. The maximum Gasteiger partial charge on any atom is 1.00 e. The normalized spacial score (nSPS) is 9.67. The molecule has 0 aliphatic heterocycles. The van der Waals surface area contributed by atoms with E-state index >= 15 is 0 Å². The number of rotatable bonds is 0. The van der Waals surface area contributed by atoms with Crippen molar-refractivity contribution in [3.05, 3.63) is 0 Å². The van der Waals surface area contributed by atoms with E-state index in [1.54, 1.807) is 0 Å². The van der Waals surface area contributed by atoms with Crippen LogP contribution in [0.25, 0.3) is 0 Å². The van der Waals surface area contributed by atoms with E-state index in [1.165, 1.54) is 0 Å². The Kier molecular flexibility index (Phi) is 23.1. The zero-order chi connectivity index (χ0) is 7.15. The van der Waals surface area contributed by atoms with E-state index in [2.05, 4.69) is 0 Å². The third-order valence-electron chi connectivity index (χ3n) is 0. The summed E-state index contributed by atoms with van der Waals surface area (Å²) in [6, 6.07) is 0. The van der Waals surface area contributed by atoms with Crippen LogP contribution in [0, 0.1) is 0 Å². The Balaban J connectivity index is -0.0000000720. The minimum absolute atomic E-state index is 0. The molecule has 0 fully saturated rings. The average Bonchev–Trinajstić information content (AvgIpc) is 1.25. The predicted octanol–water partition coefficient (Wildman–Crippen LogP) is -3.57. The van der Waals surface area contributed by atoms with Gasteiger partial charge in [0.25, 0.3) is 5.97 Å². The molecular weight excluding hydrogens is 269 g/mol. The largest absolute Gasteiger partial charge is 1.00 e. The summed E-state index contributed by atoms with van der Waals surface area (Å²) < 4.78 is 24.1. The monoisotopic (exact) mass is 274 g/mol. The summed E-state index contributed by atoms with van der Waals surface area (Å²) in [6.45, 7) is 1.08. The molecule has 7 heteroatoms. The molecule has 0 aromatic rings. The maximum absolute atomic E-state index is 9.00. The summed E-state index contributed by atoms with van der Waals surface area (Å²) in [7, 11) is 0. The quantitative estimate of drug-likeness (QED) is 0.445. The van der Waals surface area contributed by atoms with E-state index in [1.807, 2.05) is 0 Å². The first-order chi connectivity index (χ1) is 3.46. The Morgan fingerprint density at radius 3 is 1.67 bits per heavy atom. The number of carboxylic acid groups (broad SMARTS) is 1. The van der Waals surface area contributed by atoms with Crippen LogP contribution in [0.15, 0.2) is 0 Å². The molecule has 0 radical (unpaired) electrons. The van der Waals surface area contributed by atoms with Gasteiger partial charge >= 0.3 is 68.9 Å². The minimum atomic E-state index is -2.86. The second-order valence-electron chi connectivity index (χ2n) is 0.736. The van der Waals surface area contributed by atoms with Gasteiger partial charge in [-0.1, -0.05) is 0 Å². The van der Waals surface area contributed by atoms with Gasteiger partial charge in [0.2, 0.25) is 0 Å². The van der Waals surface area contributed by atoms with Gasteiger partial charge in [-0.3, -0.25) is 4.79 Å². The first-order valence-electron chi connectivity index (χ1n) is 1.44. The fourth-order valence-corrected chi connectivity index (χ4v) is 0. The van der Waals surface area contributed by atoms with Gasteiger partial charge < -0.3 is 14.2 Å². The summed E-state index contributed by atoms with van der Waals surface area (Å²) >= 11 is -2.86. The molecule has 0 amide bonds. The van der Waals surface area contributed by atoms with Crippen molar-refractivity contribution >= 4 is 17.3 Å². The summed E-state index contributed by atoms with van der Waals surface area (Å²) in [5, 5.41) is 7.42. The van der Waals surface area contributed by atoms with Crippen molar-refractivity contribution in [1.29, 1.82) is 0 Å². The number of aliphatic carboxylic acids is 1. The van der Waals surface area contributed by atoms with Gasteiger partial charge in [-0.25, -0.2) is 4.21 Å². The number of carbonyl (C=O) groups is 1. The number of hydrogen-bond acceptors (Lipinski definition) is 3. The standard InChI is InChI=1S/C2H4O2.Cs.H2O3S/c1-2(3)4;;1-4(2)3/h1H3,(H,3,4);;(H2,1,2,3)/q;+1;/p-1.